The fourth-order valence-electron chi connectivity index (χ4n) is 2.42. The van der Waals surface area contributed by atoms with Gasteiger partial charge in [0.05, 0.1) is 5.69 Å². The Morgan fingerprint density at radius 2 is 2.00 bits per heavy atom. The molecule has 0 aliphatic heterocycles. The van der Waals surface area contributed by atoms with E-state index in [1.54, 1.807) is 6.33 Å². The van der Waals surface area contributed by atoms with Gasteiger partial charge in [-0.1, -0.05) is 41.9 Å². The molecule has 0 radical (unpaired) electrons. The second-order valence-electron chi connectivity index (χ2n) is 4.57. The molecule has 3 heteroatoms. The molecule has 1 heterocycles. The van der Waals surface area contributed by atoms with E-state index in [9.17, 15) is 0 Å². The molecule has 1 aliphatic carbocycles. The first-order valence-electron chi connectivity index (χ1n) is 5.22. The Morgan fingerprint density at radius 1 is 1.19 bits per heavy atom. The van der Waals surface area contributed by atoms with Gasteiger partial charge in [-0.15, -0.1) is 0 Å². The Hall–Kier alpha value is -1.22. The summed E-state index contributed by atoms with van der Waals surface area (Å²) in [4.78, 5) is 8.55. The fourth-order valence-corrected chi connectivity index (χ4v) is 2.97. The minimum absolute atomic E-state index is 0.00426. The van der Waals surface area contributed by atoms with Gasteiger partial charge in [0, 0.05) is 27.2 Å². The molecule has 0 unspecified atom stereocenters. The number of hydrogen-bond donors (Lipinski definition) is 0. The molecule has 16 heavy (non-hydrogen) atoms. The van der Waals surface area contributed by atoms with Crippen LogP contribution in [0.2, 0.25) is 0 Å². The third-order valence-corrected chi connectivity index (χ3v) is 3.97. The molecule has 0 atom stereocenters. The summed E-state index contributed by atoms with van der Waals surface area (Å²) in [6.45, 7) is 4.43. The molecule has 0 saturated heterocycles. The number of aromatic nitrogens is 2. The molecule has 1 aliphatic rings. The Kier molecular flexibility index (Phi) is 1.96. The van der Waals surface area contributed by atoms with Crippen LogP contribution in [0.4, 0.5) is 0 Å². The maximum atomic E-state index is 4.42. The molecule has 0 amide bonds. The van der Waals surface area contributed by atoms with E-state index in [0.29, 0.717) is 0 Å². The van der Waals surface area contributed by atoms with E-state index in [-0.39, 0.29) is 5.41 Å². The molecule has 0 N–H and O–H groups in total. The zero-order chi connectivity index (χ0) is 11.3. The summed E-state index contributed by atoms with van der Waals surface area (Å²) in [7, 11) is 0. The molecular formula is C13H11BrN2. The van der Waals surface area contributed by atoms with Gasteiger partial charge >= 0.3 is 0 Å². The van der Waals surface area contributed by atoms with Crippen LogP contribution < -0.4 is 0 Å². The smallest absolute Gasteiger partial charge is 0.116 e. The van der Waals surface area contributed by atoms with E-state index >= 15 is 0 Å². The number of fused-ring (bicyclic) bond motifs is 3. The Labute approximate surface area is 103 Å². The largest absolute Gasteiger partial charge is 0.244 e. The van der Waals surface area contributed by atoms with Crippen molar-refractivity contribution in [3.05, 3.63) is 46.3 Å². The zero-order valence-electron chi connectivity index (χ0n) is 9.16. The normalized spacial score (nSPS) is 15.7. The minimum atomic E-state index is -0.00426. The average molecular weight is 275 g/mol. The van der Waals surface area contributed by atoms with Crippen molar-refractivity contribution in [3.63, 3.8) is 0 Å². The first-order chi connectivity index (χ1) is 7.62. The summed E-state index contributed by atoms with van der Waals surface area (Å²) in [5, 5.41) is 0. The van der Waals surface area contributed by atoms with Crippen molar-refractivity contribution in [3.8, 4) is 11.3 Å². The first kappa shape index (κ1) is 9.97. The van der Waals surface area contributed by atoms with Gasteiger partial charge in [0.25, 0.3) is 0 Å². The van der Waals surface area contributed by atoms with Gasteiger partial charge in [0.2, 0.25) is 0 Å². The van der Waals surface area contributed by atoms with Crippen LogP contribution in [0.3, 0.4) is 0 Å². The first-order valence-corrected chi connectivity index (χ1v) is 6.01. The van der Waals surface area contributed by atoms with Gasteiger partial charge in [-0.2, -0.15) is 0 Å². The van der Waals surface area contributed by atoms with Crippen molar-refractivity contribution >= 4 is 15.9 Å². The lowest BCUT2D eigenvalue weighted by Gasteiger charge is -2.20. The topological polar surface area (TPSA) is 25.8 Å². The van der Waals surface area contributed by atoms with Crippen LogP contribution in [0.1, 0.15) is 25.0 Å². The van der Waals surface area contributed by atoms with Crippen molar-refractivity contribution in [2.24, 2.45) is 0 Å². The zero-order valence-corrected chi connectivity index (χ0v) is 10.7. The van der Waals surface area contributed by atoms with Crippen LogP contribution in [-0.4, -0.2) is 9.97 Å². The molecule has 0 spiro atoms. The molecule has 80 valence electrons. The molecular weight excluding hydrogens is 264 g/mol. The van der Waals surface area contributed by atoms with E-state index in [0.717, 1.165) is 10.2 Å². The maximum Gasteiger partial charge on any atom is 0.116 e. The quantitative estimate of drug-likeness (QED) is 0.734. The second-order valence-corrected chi connectivity index (χ2v) is 5.43. The molecule has 1 aromatic heterocycles. The third kappa shape index (κ3) is 1.12. The van der Waals surface area contributed by atoms with E-state index < -0.39 is 0 Å². The number of rotatable bonds is 0. The van der Waals surface area contributed by atoms with E-state index in [1.807, 2.05) is 6.20 Å². The number of hydrogen-bond acceptors (Lipinski definition) is 2. The number of benzene rings is 1. The lowest BCUT2D eigenvalue weighted by atomic mass is 9.83. The lowest BCUT2D eigenvalue weighted by molar-refractivity contribution is 0.655. The second kappa shape index (κ2) is 3.14. The lowest BCUT2D eigenvalue weighted by Crippen LogP contribution is -2.15. The fraction of sp³-hybridized carbons (Fsp3) is 0.231. The maximum absolute atomic E-state index is 4.42. The van der Waals surface area contributed by atoms with E-state index in [2.05, 4.69) is 57.9 Å². The molecule has 0 saturated carbocycles. The van der Waals surface area contributed by atoms with Crippen molar-refractivity contribution in [2.45, 2.75) is 19.3 Å². The summed E-state index contributed by atoms with van der Waals surface area (Å²) in [5.74, 6) is 0. The third-order valence-electron chi connectivity index (χ3n) is 3.31. The molecule has 2 aromatic rings. The van der Waals surface area contributed by atoms with Crippen LogP contribution >= 0.6 is 15.9 Å². The van der Waals surface area contributed by atoms with Gasteiger partial charge < -0.3 is 0 Å². The van der Waals surface area contributed by atoms with Crippen LogP contribution in [0.5, 0.6) is 0 Å². The highest BCUT2D eigenvalue weighted by atomic mass is 79.9. The van der Waals surface area contributed by atoms with E-state index in [4.69, 9.17) is 0 Å². The average Bonchev–Trinajstić information content (AvgIpc) is 2.51. The van der Waals surface area contributed by atoms with Crippen molar-refractivity contribution in [2.75, 3.05) is 0 Å². The highest BCUT2D eigenvalue weighted by Gasteiger charge is 2.37. The number of halogens is 1. The predicted molar refractivity (Wildman–Crippen MR) is 67.3 cm³/mol. The Balaban J connectivity index is 2.45. The highest BCUT2D eigenvalue weighted by molar-refractivity contribution is 9.10. The van der Waals surface area contributed by atoms with Crippen LogP contribution in [0.15, 0.2) is 35.2 Å². The monoisotopic (exact) mass is 274 g/mol. The van der Waals surface area contributed by atoms with E-state index in [1.165, 1.54) is 16.7 Å². The molecule has 0 fully saturated rings. The van der Waals surface area contributed by atoms with Gasteiger partial charge in [0.1, 0.15) is 6.33 Å². The van der Waals surface area contributed by atoms with Gasteiger partial charge in [0.15, 0.2) is 0 Å². The molecule has 0 bridgehead atoms. The van der Waals surface area contributed by atoms with Gasteiger partial charge in [-0.25, -0.2) is 9.97 Å². The van der Waals surface area contributed by atoms with Crippen molar-refractivity contribution < 1.29 is 0 Å². The Bertz CT molecular complexity index is 576. The molecule has 1 aromatic carbocycles. The SMILES string of the molecule is CC1(C)c2cncnc2-c2c(Br)cccc21. The van der Waals surface area contributed by atoms with Gasteiger partial charge in [-0.05, 0) is 11.6 Å². The minimum Gasteiger partial charge on any atom is -0.244 e. The molecule has 3 rings (SSSR count). The molecule has 2 nitrogen and oxygen atoms in total. The van der Waals surface area contributed by atoms with Crippen molar-refractivity contribution in [1.29, 1.82) is 0 Å². The Morgan fingerprint density at radius 3 is 2.81 bits per heavy atom. The standard InChI is InChI=1S/C13H11BrN2/c1-13(2)8-4-3-5-10(14)11(8)12-9(13)6-15-7-16-12/h3-7H,1-2H3. The summed E-state index contributed by atoms with van der Waals surface area (Å²) < 4.78 is 1.11. The predicted octanol–water partition coefficient (Wildman–Crippen LogP) is 3.55. The summed E-state index contributed by atoms with van der Waals surface area (Å²) >= 11 is 3.61. The number of nitrogens with zero attached hydrogens (tertiary/aromatic N) is 2. The van der Waals surface area contributed by atoms with Crippen LogP contribution in [0, 0.1) is 0 Å². The summed E-state index contributed by atoms with van der Waals surface area (Å²) in [6.07, 6.45) is 3.54. The van der Waals surface area contributed by atoms with Crippen molar-refractivity contribution in [1.82, 2.24) is 9.97 Å². The summed E-state index contributed by atoms with van der Waals surface area (Å²) in [5.41, 5.74) is 4.79. The van der Waals surface area contributed by atoms with Gasteiger partial charge in [-0.3, -0.25) is 0 Å². The highest BCUT2D eigenvalue weighted by Crippen LogP contribution is 2.49. The van der Waals surface area contributed by atoms with Crippen LogP contribution in [-0.2, 0) is 5.41 Å². The van der Waals surface area contributed by atoms with Crippen LogP contribution in [0.25, 0.3) is 11.3 Å². The summed E-state index contributed by atoms with van der Waals surface area (Å²) in [6, 6.07) is 6.30.